The summed E-state index contributed by atoms with van der Waals surface area (Å²) in [4.78, 5) is 30.4. The molecule has 0 saturated heterocycles. The highest BCUT2D eigenvalue weighted by molar-refractivity contribution is 6.11. The van der Waals surface area contributed by atoms with E-state index in [0.29, 0.717) is 12.0 Å². The van der Waals surface area contributed by atoms with Gasteiger partial charge in [-0.1, -0.05) is 73.7 Å². The fraction of sp³-hybridized carbons (Fsp3) is 0.185. The molecule has 5 nitrogen and oxygen atoms in total. The van der Waals surface area contributed by atoms with Crippen LogP contribution < -0.4 is 0 Å². The van der Waals surface area contributed by atoms with Crippen LogP contribution in [0.4, 0.5) is 4.79 Å². The highest BCUT2D eigenvalue weighted by Gasteiger charge is 2.36. The number of Topliss-reactive ketones (excluding diaryl/α,β-unsaturated/α-hetero) is 1. The minimum absolute atomic E-state index is 0.108. The first-order valence-corrected chi connectivity index (χ1v) is 10.9. The average Bonchev–Trinajstić information content (AvgIpc) is 3.38. The molecule has 1 amide bonds. The van der Waals surface area contributed by atoms with Gasteiger partial charge in [0.1, 0.15) is 0 Å². The van der Waals surface area contributed by atoms with Gasteiger partial charge in [-0.05, 0) is 34.7 Å². The van der Waals surface area contributed by atoms with Gasteiger partial charge < -0.3 is 10.1 Å². The van der Waals surface area contributed by atoms with Gasteiger partial charge in [0.25, 0.3) is 0 Å². The van der Waals surface area contributed by atoms with Crippen molar-refractivity contribution in [2.45, 2.75) is 25.3 Å². The number of rotatable bonds is 6. The summed E-state index contributed by atoms with van der Waals surface area (Å²) in [5, 5.41) is 11.0. The predicted octanol–water partition coefficient (Wildman–Crippen LogP) is 5.92. The second-order valence-corrected chi connectivity index (χ2v) is 8.20. The quantitative estimate of drug-likeness (QED) is 0.377. The van der Waals surface area contributed by atoms with Crippen molar-refractivity contribution in [3.8, 4) is 11.1 Å². The topological polar surface area (TPSA) is 73.4 Å². The Labute approximate surface area is 186 Å². The number of hydrogen-bond acceptors (Lipinski definition) is 2. The van der Waals surface area contributed by atoms with E-state index in [4.69, 9.17) is 0 Å². The van der Waals surface area contributed by atoms with Crippen LogP contribution in [0.1, 0.15) is 40.7 Å². The Morgan fingerprint density at radius 1 is 0.938 bits per heavy atom. The van der Waals surface area contributed by atoms with E-state index in [1.54, 1.807) is 6.20 Å². The zero-order valence-corrected chi connectivity index (χ0v) is 17.8. The van der Waals surface area contributed by atoms with Crippen molar-refractivity contribution in [2.24, 2.45) is 0 Å². The lowest BCUT2D eigenvalue weighted by Gasteiger charge is -2.30. The largest absolute Gasteiger partial charge is 0.465 e. The van der Waals surface area contributed by atoms with Gasteiger partial charge in [0.15, 0.2) is 5.78 Å². The number of H-pyrrole nitrogens is 1. The Morgan fingerprint density at radius 3 is 2.16 bits per heavy atom. The molecule has 0 bridgehead atoms. The maximum Gasteiger partial charge on any atom is 0.407 e. The number of para-hydroxylation sites is 1. The van der Waals surface area contributed by atoms with Crippen molar-refractivity contribution in [3.63, 3.8) is 0 Å². The third kappa shape index (κ3) is 3.17. The third-order valence-electron chi connectivity index (χ3n) is 6.51. The van der Waals surface area contributed by atoms with Crippen molar-refractivity contribution < 1.29 is 14.7 Å². The number of aromatic amines is 1. The number of carboxylic acid groups (broad SMARTS) is 1. The van der Waals surface area contributed by atoms with Gasteiger partial charge in [-0.25, -0.2) is 4.79 Å². The first-order valence-electron chi connectivity index (χ1n) is 10.9. The Kier molecular flexibility index (Phi) is 5.02. The highest BCUT2D eigenvalue weighted by Crippen LogP contribution is 2.45. The van der Waals surface area contributed by atoms with Gasteiger partial charge in [-0.2, -0.15) is 0 Å². The summed E-state index contributed by atoms with van der Waals surface area (Å²) in [5.74, 6) is -0.282. The summed E-state index contributed by atoms with van der Waals surface area (Å²) < 4.78 is 0. The van der Waals surface area contributed by atoms with E-state index >= 15 is 0 Å². The van der Waals surface area contributed by atoms with Crippen LogP contribution in [0.5, 0.6) is 0 Å². The molecule has 1 atom stereocenters. The lowest BCUT2D eigenvalue weighted by atomic mass is 9.94. The number of hydrogen-bond donors (Lipinski definition) is 2. The number of nitrogens with one attached hydrogen (secondary N) is 1. The molecule has 1 unspecified atom stereocenters. The van der Waals surface area contributed by atoms with E-state index in [9.17, 15) is 14.7 Å². The average molecular weight is 425 g/mol. The van der Waals surface area contributed by atoms with Crippen molar-refractivity contribution in [2.75, 3.05) is 6.54 Å². The van der Waals surface area contributed by atoms with Gasteiger partial charge >= 0.3 is 6.09 Å². The normalized spacial score (nSPS) is 13.5. The van der Waals surface area contributed by atoms with Crippen molar-refractivity contribution in [3.05, 3.63) is 95.7 Å². The van der Waals surface area contributed by atoms with Crippen molar-refractivity contribution in [1.82, 2.24) is 9.88 Å². The van der Waals surface area contributed by atoms with Crippen LogP contribution in [-0.4, -0.2) is 39.5 Å². The molecule has 3 aromatic carbocycles. The monoisotopic (exact) mass is 424 g/mol. The molecule has 1 heterocycles. The van der Waals surface area contributed by atoms with E-state index in [0.717, 1.165) is 33.2 Å². The standard InChI is InChI=1S/C27H24N2O3/c1-2-25(26(30)22-15-28-24-14-8-7-13-21(22)24)29(27(31)32)16-23-19-11-5-3-9-17(19)18-10-4-6-12-20(18)23/h3-15,23,25,28H,2,16H2,1H3,(H,31,32). The lowest BCUT2D eigenvalue weighted by molar-refractivity contribution is 0.0775. The number of carbonyl (C=O) groups excluding carboxylic acids is 1. The SMILES string of the molecule is CCC(C(=O)c1c[nH]c2ccccc12)N(CC1c2ccccc2-c2ccccc21)C(=O)O. The van der Waals surface area contributed by atoms with Gasteiger partial charge in [0.2, 0.25) is 0 Å². The van der Waals surface area contributed by atoms with Gasteiger partial charge in [0.05, 0.1) is 6.04 Å². The Morgan fingerprint density at radius 2 is 1.53 bits per heavy atom. The molecule has 1 aromatic heterocycles. The molecule has 0 aliphatic heterocycles. The molecule has 0 radical (unpaired) electrons. The zero-order valence-electron chi connectivity index (χ0n) is 17.8. The Bertz CT molecular complexity index is 1280. The van der Waals surface area contributed by atoms with E-state index in [1.165, 1.54) is 4.90 Å². The summed E-state index contributed by atoms with van der Waals surface area (Å²) in [6, 6.07) is 23.1. The smallest absolute Gasteiger partial charge is 0.407 e. The van der Waals surface area contributed by atoms with Crippen LogP contribution in [0, 0.1) is 0 Å². The predicted molar refractivity (Wildman–Crippen MR) is 125 cm³/mol. The van der Waals surface area contributed by atoms with Crippen molar-refractivity contribution >= 4 is 22.8 Å². The van der Waals surface area contributed by atoms with E-state index < -0.39 is 12.1 Å². The Balaban J connectivity index is 1.52. The molecular weight excluding hydrogens is 400 g/mol. The molecule has 0 fully saturated rings. The molecule has 5 rings (SSSR count). The number of carbonyl (C=O) groups is 2. The summed E-state index contributed by atoms with van der Waals surface area (Å²) in [7, 11) is 0. The molecular formula is C27H24N2O3. The van der Waals surface area contributed by atoms with Crippen LogP contribution in [0.15, 0.2) is 79.0 Å². The second-order valence-electron chi connectivity index (χ2n) is 8.20. The number of ketones is 1. The van der Waals surface area contributed by atoms with E-state index in [-0.39, 0.29) is 18.2 Å². The number of nitrogens with zero attached hydrogens (tertiary/aromatic N) is 1. The summed E-state index contributed by atoms with van der Waals surface area (Å²) >= 11 is 0. The van der Waals surface area contributed by atoms with Crippen LogP contribution >= 0.6 is 0 Å². The maximum absolute atomic E-state index is 13.5. The molecule has 0 spiro atoms. The van der Waals surface area contributed by atoms with E-state index in [2.05, 4.69) is 29.2 Å². The molecule has 0 saturated carbocycles. The minimum atomic E-state index is -1.08. The summed E-state index contributed by atoms with van der Waals surface area (Å²) in [6.07, 6.45) is 1.02. The second kappa shape index (κ2) is 8.00. The number of aromatic nitrogens is 1. The number of benzene rings is 3. The zero-order chi connectivity index (χ0) is 22.2. The minimum Gasteiger partial charge on any atom is -0.465 e. The third-order valence-corrected chi connectivity index (χ3v) is 6.51. The molecule has 32 heavy (non-hydrogen) atoms. The molecule has 1 aliphatic carbocycles. The fourth-order valence-electron chi connectivity index (χ4n) is 4.99. The molecule has 5 heteroatoms. The first kappa shape index (κ1) is 20.1. The Hall–Kier alpha value is -3.86. The fourth-order valence-corrected chi connectivity index (χ4v) is 4.99. The van der Waals surface area contributed by atoms with Crippen LogP contribution in [0.2, 0.25) is 0 Å². The van der Waals surface area contributed by atoms with Crippen LogP contribution in [-0.2, 0) is 0 Å². The van der Waals surface area contributed by atoms with Crippen LogP contribution in [0.3, 0.4) is 0 Å². The van der Waals surface area contributed by atoms with Gasteiger partial charge in [-0.3, -0.25) is 9.69 Å². The van der Waals surface area contributed by atoms with Gasteiger partial charge in [-0.15, -0.1) is 0 Å². The van der Waals surface area contributed by atoms with Crippen LogP contribution in [0.25, 0.3) is 22.0 Å². The molecule has 160 valence electrons. The lowest BCUT2D eigenvalue weighted by Crippen LogP contribution is -2.46. The molecule has 2 N–H and O–H groups in total. The van der Waals surface area contributed by atoms with Gasteiger partial charge in [0, 0.05) is 35.1 Å². The summed E-state index contributed by atoms with van der Waals surface area (Å²) in [6.45, 7) is 2.10. The summed E-state index contributed by atoms with van der Waals surface area (Å²) in [5.41, 5.74) is 5.88. The maximum atomic E-state index is 13.5. The molecule has 1 aliphatic rings. The van der Waals surface area contributed by atoms with Crippen molar-refractivity contribution in [1.29, 1.82) is 0 Å². The molecule has 4 aromatic rings. The number of fused-ring (bicyclic) bond motifs is 4. The first-order chi connectivity index (χ1) is 15.6. The number of amides is 1. The van der Waals surface area contributed by atoms with E-state index in [1.807, 2.05) is 55.5 Å². The highest BCUT2D eigenvalue weighted by atomic mass is 16.4.